The fourth-order valence-corrected chi connectivity index (χ4v) is 1.87. The fraction of sp³-hybridized carbons (Fsp3) is 0.833. The second-order valence-corrected chi connectivity index (χ2v) is 6.01. The van der Waals surface area contributed by atoms with Gasteiger partial charge in [0.2, 0.25) is 0 Å². The zero-order valence-corrected chi connectivity index (χ0v) is 12.1. The summed E-state index contributed by atoms with van der Waals surface area (Å²) in [7, 11) is 2.03. The van der Waals surface area contributed by atoms with Crippen LogP contribution in [0.15, 0.2) is 0 Å². The predicted octanol–water partition coefficient (Wildman–Crippen LogP) is -0.0527. The molecule has 1 atom stereocenters. The molecule has 110 valence electrons. The molecule has 0 radical (unpaired) electrons. The van der Waals surface area contributed by atoms with Gasteiger partial charge in [0.1, 0.15) is 6.04 Å². The molecule has 0 aromatic heterocycles. The Balaban J connectivity index is 2.47. The monoisotopic (exact) mass is 272 g/mol. The number of nitrogens with one attached hydrogen (secondary N) is 2. The lowest BCUT2D eigenvalue weighted by molar-refractivity contribution is -0.141. The summed E-state index contributed by atoms with van der Waals surface area (Å²) in [5, 5.41) is 13.4. The van der Waals surface area contributed by atoms with Gasteiger partial charge in [-0.2, -0.15) is 0 Å². The van der Waals surface area contributed by atoms with E-state index in [4.69, 9.17) is 5.11 Å². The maximum atomic E-state index is 11.8. The van der Waals surface area contributed by atoms with Crippen molar-refractivity contribution < 1.29 is 14.7 Å². The summed E-state index contributed by atoms with van der Waals surface area (Å²) in [4.78, 5) is 25.1. The molecule has 1 saturated heterocycles. The predicted molar refractivity (Wildman–Crippen MR) is 71.6 cm³/mol. The summed E-state index contributed by atoms with van der Waals surface area (Å²) in [6, 6.07) is -1.38. The molecule has 1 rings (SSSR count). The minimum Gasteiger partial charge on any atom is -0.480 e. The summed E-state index contributed by atoms with van der Waals surface area (Å²) >= 11 is 0. The van der Waals surface area contributed by atoms with E-state index in [2.05, 4.69) is 15.6 Å². The van der Waals surface area contributed by atoms with Crippen molar-refractivity contribution in [2.75, 3.05) is 33.2 Å². The van der Waals surface area contributed by atoms with E-state index in [1.54, 1.807) is 25.8 Å². The first-order valence-electron chi connectivity index (χ1n) is 6.43. The Labute approximate surface area is 113 Å². The van der Waals surface area contributed by atoms with Crippen LogP contribution in [-0.2, 0) is 4.79 Å². The van der Waals surface area contributed by atoms with E-state index in [0.717, 1.165) is 26.2 Å². The van der Waals surface area contributed by atoms with Crippen LogP contribution in [0.2, 0.25) is 0 Å². The van der Waals surface area contributed by atoms with Crippen LogP contribution in [-0.4, -0.2) is 66.3 Å². The maximum absolute atomic E-state index is 11.8. The van der Waals surface area contributed by atoms with Gasteiger partial charge in [0.05, 0.1) is 0 Å². The number of aliphatic carboxylic acids is 1. The van der Waals surface area contributed by atoms with Crippen molar-refractivity contribution in [3.05, 3.63) is 0 Å². The summed E-state index contributed by atoms with van der Waals surface area (Å²) in [6.45, 7) is 8.56. The SMILES string of the molecule is CN1CCN(NC(=O)N[C@@H](C(=O)O)C(C)(C)C)CC1. The van der Waals surface area contributed by atoms with Crippen molar-refractivity contribution in [2.45, 2.75) is 26.8 Å². The molecule has 1 aliphatic heterocycles. The molecule has 7 heteroatoms. The second kappa shape index (κ2) is 6.21. The van der Waals surface area contributed by atoms with E-state index in [9.17, 15) is 9.59 Å². The van der Waals surface area contributed by atoms with E-state index in [1.807, 2.05) is 7.05 Å². The first kappa shape index (κ1) is 15.7. The highest BCUT2D eigenvalue weighted by atomic mass is 16.4. The Hall–Kier alpha value is -1.34. The Morgan fingerprint density at radius 2 is 1.68 bits per heavy atom. The van der Waals surface area contributed by atoms with Crippen LogP contribution in [0.25, 0.3) is 0 Å². The quantitative estimate of drug-likeness (QED) is 0.670. The highest BCUT2D eigenvalue weighted by Crippen LogP contribution is 2.19. The van der Waals surface area contributed by atoms with Crippen LogP contribution < -0.4 is 10.7 Å². The number of carboxylic acids is 1. The molecule has 0 aromatic rings. The van der Waals surface area contributed by atoms with E-state index < -0.39 is 23.5 Å². The number of hydrogen-bond acceptors (Lipinski definition) is 4. The summed E-state index contributed by atoms with van der Waals surface area (Å²) in [6.07, 6.45) is 0. The Bertz CT molecular complexity index is 332. The molecular formula is C12H24N4O3. The number of carbonyl (C=O) groups is 2. The Kier molecular flexibility index (Phi) is 5.13. The van der Waals surface area contributed by atoms with E-state index in [0.29, 0.717) is 0 Å². The highest BCUT2D eigenvalue weighted by Gasteiger charge is 2.33. The summed E-state index contributed by atoms with van der Waals surface area (Å²) in [5.41, 5.74) is 2.15. The lowest BCUT2D eigenvalue weighted by atomic mass is 9.87. The number of urea groups is 1. The van der Waals surface area contributed by atoms with Crippen molar-refractivity contribution in [2.24, 2.45) is 5.41 Å². The van der Waals surface area contributed by atoms with Crippen molar-refractivity contribution in [1.82, 2.24) is 20.7 Å². The minimum atomic E-state index is -1.03. The molecule has 0 spiro atoms. The molecule has 0 aromatic carbocycles. The number of likely N-dealkylation sites (N-methyl/N-ethyl adjacent to an activating group) is 1. The third-order valence-corrected chi connectivity index (χ3v) is 3.15. The Morgan fingerprint density at radius 1 is 1.16 bits per heavy atom. The van der Waals surface area contributed by atoms with Crippen molar-refractivity contribution in [3.63, 3.8) is 0 Å². The highest BCUT2D eigenvalue weighted by molar-refractivity contribution is 5.82. The number of rotatable bonds is 3. The summed E-state index contributed by atoms with van der Waals surface area (Å²) < 4.78 is 0. The molecule has 7 nitrogen and oxygen atoms in total. The number of nitrogens with zero attached hydrogens (tertiary/aromatic N) is 2. The Morgan fingerprint density at radius 3 is 2.11 bits per heavy atom. The lowest BCUT2D eigenvalue weighted by Crippen LogP contribution is -2.58. The molecule has 1 heterocycles. The smallest absolute Gasteiger partial charge is 0.330 e. The topological polar surface area (TPSA) is 84.9 Å². The van der Waals surface area contributed by atoms with Gasteiger partial charge in [-0.25, -0.2) is 14.6 Å². The zero-order chi connectivity index (χ0) is 14.6. The van der Waals surface area contributed by atoms with Gasteiger partial charge in [-0.15, -0.1) is 0 Å². The minimum absolute atomic E-state index is 0.466. The standard InChI is InChI=1S/C12H24N4O3/c1-12(2,3)9(10(17)18)13-11(19)14-16-7-5-15(4)6-8-16/h9H,5-8H2,1-4H3,(H,17,18)(H2,13,14,19)/t9-/m0/s1. The average Bonchev–Trinajstić information content (AvgIpc) is 2.27. The maximum Gasteiger partial charge on any atom is 0.330 e. The van der Waals surface area contributed by atoms with E-state index in [-0.39, 0.29) is 0 Å². The normalized spacial score (nSPS) is 19.8. The largest absolute Gasteiger partial charge is 0.480 e. The van der Waals surface area contributed by atoms with Crippen LogP contribution >= 0.6 is 0 Å². The van der Waals surface area contributed by atoms with Crippen molar-refractivity contribution in [1.29, 1.82) is 0 Å². The molecule has 0 saturated carbocycles. The number of amides is 2. The van der Waals surface area contributed by atoms with Gasteiger partial charge < -0.3 is 15.3 Å². The molecule has 0 aliphatic carbocycles. The van der Waals surface area contributed by atoms with Crippen LogP contribution in [0.5, 0.6) is 0 Å². The van der Waals surface area contributed by atoms with Gasteiger partial charge in [-0.1, -0.05) is 20.8 Å². The number of carboxylic acid groups (broad SMARTS) is 1. The van der Waals surface area contributed by atoms with Crippen LogP contribution in [0.3, 0.4) is 0 Å². The molecule has 19 heavy (non-hydrogen) atoms. The third kappa shape index (κ3) is 5.04. The number of hydrazine groups is 1. The van der Waals surface area contributed by atoms with Gasteiger partial charge in [0.25, 0.3) is 0 Å². The molecular weight excluding hydrogens is 248 g/mol. The molecule has 1 fully saturated rings. The lowest BCUT2D eigenvalue weighted by Gasteiger charge is -2.33. The van der Waals surface area contributed by atoms with E-state index >= 15 is 0 Å². The van der Waals surface area contributed by atoms with Gasteiger partial charge in [0.15, 0.2) is 0 Å². The first-order chi connectivity index (χ1) is 8.70. The van der Waals surface area contributed by atoms with Crippen LogP contribution in [0.4, 0.5) is 4.79 Å². The van der Waals surface area contributed by atoms with E-state index in [1.165, 1.54) is 0 Å². The van der Waals surface area contributed by atoms with Gasteiger partial charge in [0, 0.05) is 26.2 Å². The molecule has 0 bridgehead atoms. The zero-order valence-electron chi connectivity index (χ0n) is 12.1. The van der Waals surface area contributed by atoms with Gasteiger partial charge in [-0.05, 0) is 12.5 Å². The fourth-order valence-electron chi connectivity index (χ4n) is 1.87. The first-order valence-corrected chi connectivity index (χ1v) is 6.43. The number of hydrogen-bond donors (Lipinski definition) is 3. The molecule has 0 unspecified atom stereocenters. The number of piperazine rings is 1. The second-order valence-electron chi connectivity index (χ2n) is 6.01. The van der Waals surface area contributed by atoms with Crippen LogP contribution in [0.1, 0.15) is 20.8 Å². The molecule has 1 aliphatic rings. The van der Waals surface area contributed by atoms with Gasteiger partial charge in [-0.3, -0.25) is 5.43 Å². The average molecular weight is 272 g/mol. The van der Waals surface area contributed by atoms with Gasteiger partial charge >= 0.3 is 12.0 Å². The molecule has 2 amide bonds. The molecule has 3 N–H and O–H groups in total. The summed E-state index contributed by atoms with van der Waals surface area (Å²) in [5.74, 6) is -1.03. The van der Waals surface area contributed by atoms with Crippen molar-refractivity contribution in [3.8, 4) is 0 Å². The number of carbonyl (C=O) groups excluding carboxylic acids is 1. The van der Waals surface area contributed by atoms with Crippen molar-refractivity contribution >= 4 is 12.0 Å². The third-order valence-electron chi connectivity index (χ3n) is 3.15. The van der Waals surface area contributed by atoms with Crippen LogP contribution in [0, 0.1) is 5.41 Å².